The molecule has 0 aliphatic carbocycles. The summed E-state index contributed by atoms with van der Waals surface area (Å²) in [5.74, 6) is -0.230. The maximum Gasteiger partial charge on any atom is 0.262 e. The second-order valence-electron chi connectivity index (χ2n) is 7.03. The van der Waals surface area contributed by atoms with E-state index in [0.29, 0.717) is 30.2 Å². The fourth-order valence-corrected chi connectivity index (χ4v) is 3.39. The summed E-state index contributed by atoms with van der Waals surface area (Å²) in [6, 6.07) is 14.2. The Balaban J connectivity index is 1.51. The number of hydrogen-bond acceptors (Lipinski definition) is 4. The summed E-state index contributed by atoms with van der Waals surface area (Å²) in [6.45, 7) is 2.84. The Morgan fingerprint density at radius 3 is 2.50 bits per heavy atom. The zero-order valence-corrected chi connectivity index (χ0v) is 18.3. The van der Waals surface area contributed by atoms with E-state index >= 15 is 0 Å². The molecule has 7 nitrogen and oxygen atoms in total. The first kappa shape index (κ1) is 21.8. The number of nitrogens with zero attached hydrogens (tertiary/aromatic N) is 1. The molecule has 1 saturated heterocycles. The Hall–Kier alpha value is -2.87. The van der Waals surface area contributed by atoms with Crippen molar-refractivity contribution < 1.29 is 19.1 Å². The first-order valence-corrected chi connectivity index (χ1v) is 10.6. The van der Waals surface area contributed by atoms with Gasteiger partial charge in [-0.25, -0.2) is 0 Å². The van der Waals surface area contributed by atoms with Crippen LogP contribution in [0.2, 0.25) is 0 Å². The standard InChI is InChI=1S/C22H24BrN3O4/c1-2-11-24-22(29)15-12-21(28)26(13-15)18-7-9-19(10-8-18)30-14-20(27)25-17-5-3-16(23)4-6-17/h3-10,15H,2,11-14H2,1H3,(H,24,29)(H,25,27)/t15-/m0/s1. The van der Waals surface area contributed by atoms with Crippen LogP contribution in [-0.4, -0.2) is 37.4 Å². The van der Waals surface area contributed by atoms with E-state index in [2.05, 4.69) is 26.6 Å². The number of halogens is 1. The monoisotopic (exact) mass is 473 g/mol. The number of benzene rings is 2. The van der Waals surface area contributed by atoms with Crippen LogP contribution in [0.25, 0.3) is 0 Å². The molecule has 2 aromatic carbocycles. The van der Waals surface area contributed by atoms with E-state index in [0.717, 1.165) is 10.9 Å². The molecule has 30 heavy (non-hydrogen) atoms. The molecular formula is C22H24BrN3O4. The topological polar surface area (TPSA) is 87.7 Å². The molecule has 0 radical (unpaired) electrons. The highest BCUT2D eigenvalue weighted by atomic mass is 79.9. The summed E-state index contributed by atoms with van der Waals surface area (Å²) in [6.07, 6.45) is 1.07. The quantitative estimate of drug-likeness (QED) is 0.615. The molecule has 1 fully saturated rings. The molecule has 0 saturated carbocycles. The summed E-state index contributed by atoms with van der Waals surface area (Å²) in [5.41, 5.74) is 1.39. The lowest BCUT2D eigenvalue weighted by Gasteiger charge is -2.17. The van der Waals surface area contributed by atoms with Crippen LogP contribution in [0.5, 0.6) is 5.75 Å². The summed E-state index contributed by atoms with van der Waals surface area (Å²) >= 11 is 3.35. The predicted octanol–water partition coefficient (Wildman–Crippen LogP) is 3.35. The lowest BCUT2D eigenvalue weighted by Crippen LogP contribution is -2.33. The minimum absolute atomic E-state index is 0.0748. The third-order valence-corrected chi connectivity index (χ3v) is 5.22. The van der Waals surface area contributed by atoms with Gasteiger partial charge >= 0.3 is 0 Å². The predicted molar refractivity (Wildman–Crippen MR) is 118 cm³/mol. The fraction of sp³-hybridized carbons (Fsp3) is 0.318. The maximum atomic E-state index is 12.3. The third-order valence-electron chi connectivity index (χ3n) is 4.69. The van der Waals surface area contributed by atoms with E-state index in [1.54, 1.807) is 41.3 Å². The molecule has 2 aromatic rings. The third kappa shape index (κ3) is 5.82. The molecule has 2 N–H and O–H groups in total. The van der Waals surface area contributed by atoms with Gasteiger partial charge < -0.3 is 20.3 Å². The molecule has 8 heteroatoms. The number of nitrogens with one attached hydrogen (secondary N) is 2. The van der Waals surface area contributed by atoms with Crippen molar-refractivity contribution in [3.63, 3.8) is 0 Å². The molecule has 0 unspecified atom stereocenters. The lowest BCUT2D eigenvalue weighted by atomic mass is 10.1. The van der Waals surface area contributed by atoms with Gasteiger partial charge in [0.25, 0.3) is 5.91 Å². The molecule has 1 aliphatic heterocycles. The zero-order valence-electron chi connectivity index (χ0n) is 16.7. The van der Waals surface area contributed by atoms with Gasteiger partial charge in [0, 0.05) is 35.4 Å². The van der Waals surface area contributed by atoms with Gasteiger partial charge in [-0.1, -0.05) is 22.9 Å². The van der Waals surface area contributed by atoms with E-state index in [4.69, 9.17) is 4.74 Å². The molecule has 0 bridgehead atoms. The Bertz CT molecular complexity index is 900. The highest BCUT2D eigenvalue weighted by Gasteiger charge is 2.34. The number of anilines is 2. The Kier molecular flexibility index (Phi) is 7.46. The smallest absolute Gasteiger partial charge is 0.262 e. The van der Waals surface area contributed by atoms with Crippen LogP contribution >= 0.6 is 15.9 Å². The van der Waals surface area contributed by atoms with Gasteiger partial charge in [0.15, 0.2) is 6.61 Å². The second-order valence-corrected chi connectivity index (χ2v) is 7.95. The van der Waals surface area contributed by atoms with Crippen molar-refractivity contribution in [2.75, 3.05) is 29.9 Å². The van der Waals surface area contributed by atoms with Gasteiger partial charge in [-0.3, -0.25) is 14.4 Å². The molecular weight excluding hydrogens is 450 g/mol. The summed E-state index contributed by atoms with van der Waals surface area (Å²) in [7, 11) is 0. The van der Waals surface area contributed by atoms with Gasteiger partial charge in [-0.2, -0.15) is 0 Å². The van der Waals surface area contributed by atoms with Crippen molar-refractivity contribution in [2.24, 2.45) is 5.92 Å². The van der Waals surface area contributed by atoms with Crippen molar-refractivity contribution in [3.05, 3.63) is 53.0 Å². The lowest BCUT2D eigenvalue weighted by molar-refractivity contribution is -0.126. The first-order chi connectivity index (χ1) is 14.5. The number of rotatable bonds is 8. The Labute approximate surface area is 183 Å². The average molecular weight is 474 g/mol. The van der Waals surface area contributed by atoms with E-state index in [9.17, 15) is 14.4 Å². The van der Waals surface area contributed by atoms with Gasteiger partial charge in [-0.05, 0) is 55.0 Å². The SMILES string of the molecule is CCCNC(=O)[C@H]1CC(=O)N(c2ccc(OCC(=O)Nc3ccc(Br)cc3)cc2)C1. The second kappa shape index (κ2) is 10.2. The molecule has 3 amide bonds. The molecule has 1 atom stereocenters. The van der Waals surface area contributed by atoms with E-state index in [-0.39, 0.29) is 36.7 Å². The number of amides is 3. The zero-order chi connectivity index (χ0) is 21.5. The summed E-state index contributed by atoms with van der Waals surface area (Å²) < 4.78 is 6.45. The van der Waals surface area contributed by atoms with Crippen LogP contribution in [0.1, 0.15) is 19.8 Å². The van der Waals surface area contributed by atoms with Crippen LogP contribution < -0.4 is 20.3 Å². The minimum atomic E-state index is -0.331. The van der Waals surface area contributed by atoms with Gasteiger partial charge in [0.2, 0.25) is 11.8 Å². The van der Waals surface area contributed by atoms with Gasteiger partial charge in [0.1, 0.15) is 5.75 Å². The summed E-state index contributed by atoms with van der Waals surface area (Å²) in [4.78, 5) is 38.1. The van der Waals surface area contributed by atoms with Crippen molar-refractivity contribution in [1.82, 2.24) is 5.32 Å². The molecule has 158 valence electrons. The van der Waals surface area contributed by atoms with Crippen LogP contribution in [0, 0.1) is 5.92 Å². The van der Waals surface area contributed by atoms with Crippen LogP contribution in [0.3, 0.4) is 0 Å². The van der Waals surface area contributed by atoms with E-state index < -0.39 is 0 Å². The largest absolute Gasteiger partial charge is 0.484 e. The minimum Gasteiger partial charge on any atom is -0.484 e. The van der Waals surface area contributed by atoms with Gasteiger partial charge in [-0.15, -0.1) is 0 Å². The molecule has 3 rings (SSSR count). The fourth-order valence-electron chi connectivity index (χ4n) is 3.13. The molecule has 0 spiro atoms. The van der Waals surface area contributed by atoms with Gasteiger partial charge in [0.05, 0.1) is 5.92 Å². The highest BCUT2D eigenvalue weighted by molar-refractivity contribution is 9.10. The Morgan fingerprint density at radius 2 is 1.83 bits per heavy atom. The molecule has 0 aromatic heterocycles. The number of hydrogen-bond donors (Lipinski definition) is 2. The number of ether oxygens (including phenoxy) is 1. The Morgan fingerprint density at radius 1 is 1.13 bits per heavy atom. The van der Waals surface area contributed by atoms with Crippen molar-refractivity contribution in [2.45, 2.75) is 19.8 Å². The molecule has 1 aliphatic rings. The summed E-state index contributed by atoms with van der Waals surface area (Å²) in [5, 5.41) is 5.60. The average Bonchev–Trinajstić information content (AvgIpc) is 3.14. The number of carbonyl (C=O) groups excluding carboxylic acids is 3. The van der Waals surface area contributed by atoms with Crippen LogP contribution in [0.15, 0.2) is 53.0 Å². The normalized spacial score (nSPS) is 15.7. The molecule has 1 heterocycles. The number of carbonyl (C=O) groups is 3. The van der Waals surface area contributed by atoms with E-state index in [1.165, 1.54) is 0 Å². The van der Waals surface area contributed by atoms with Crippen LogP contribution in [-0.2, 0) is 14.4 Å². The first-order valence-electron chi connectivity index (χ1n) is 9.82. The van der Waals surface area contributed by atoms with Crippen molar-refractivity contribution in [1.29, 1.82) is 0 Å². The van der Waals surface area contributed by atoms with E-state index in [1.807, 2.05) is 19.1 Å². The maximum absolute atomic E-state index is 12.3. The highest BCUT2D eigenvalue weighted by Crippen LogP contribution is 2.27. The van der Waals surface area contributed by atoms with Crippen molar-refractivity contribution in [3.8, 4) is 5.75 Å². The van der Waals surface area contributed by atoms with Crippen LogP contribution in [0.4, 0.5) is 11.4 Å². The van der Waals surface area contributed by atoms with Crippen molar-refractivity contribution >= 4 is 45.0 Å².